The third-order valence-corrected chi connectivity index (χ3v) is 4.33. The van der Waals surface area contributed by atoms with Crippen molar-refractivity contribution in [2.24, 2.45) is 10.9 Å². The van der Waals surface area contributed by atoms with Gasteiger partial charge in [0.15, 0.2) is 5.84 Å². The number of phenolic OH excluding ortho intramolecular Hbond substituents is 1. The highest BCUT2D eigenvalue weighted by atomic mass is 32.1. The molecule has 0 saturated heterocycles. The number of nitrogens with two attached hydrogens (primary N) is 1. The van der Waals surface area contributed by atoms with E-state index in [1.807, 2.05) is 13.0 Å². The number of carboxylic acid groups (broad SMARTS) is 1. The molecule has 1 aromatic carbocycles. The summed E-state index contributed by atoms with van der Waals surface area (Å²) < 4.78 is 0. The molecule has 124 valence electrons. The molecule has 0 radical (unpaired) electrons. The number of rotatable bonds is 3. The van der Waals surface area contributed by atoms with Gasteiger partial charge in [0.25, 0.3) is 0 Å². The monoisotopic (exact) mass is 336 g/mol. The van der Waals surface area contributed by atoms with Gasteiger partial charge in [-0.15, -0.1) is 11.3 Å². The van der Waals surface area contributed by atoms with Gasteiger partial charge in [-0.3, -0.25) is 0 Å². The Hall–Kier alpha value is -2.54. The van der Waals surface area contributed by atoms with E-state index in [1.165, 1.54) is 11.3 Å². The number of carbonyl (C=O) groups is 1. The molecule has 7 heteroatoms. The van der Waals surface area contributed by atoms with Crippen LogP contribution in [0.5, 0.6) is 5.75 Å². The van der Waals surface area contributed by atoms with Crippen molar-refractivity contribution < 1.29 is 20.2 Å². The van der Waals surface area contributed by atoms with Gasteiger partial charge in [-0.25, -0.2) is 4.79 Å². The van der Waals surface area contributed by atoms with Crippen molar-refractivity contribution in [1.82, 2.24) is 0 Å². The molecule has 0 spiro atoms. The van der Waals surface area contributed by atoms with E-state index in [9.17, 15) is 9.90 Å². The smallest absolute Gasteiger partial charge is 0.345 e. The Bertz CT molecular complexity index is 700. The first-order valence-corrected chi connectivity index (χ1v) is 7.71. The van der Waals surface area contributed by atoms with Crippen LogP contribution in [0.15, 0.2) is 29.4 Å². The predicted octanol–water partition coefficient (Wildman–Crippen LogP) is 3.11. The second-order valence-corrected chi connectivity index (χ2v) is 6.04. The van der Waals surface area contributed by atoms with E-state index in [4.69, 9.17) is 16.0 Å². The third-order valence-electron chi connectivity index (χ3n) is 3.12. The summed E-state index contributed by atoms with van der Waals surface area (Å²) in [6, 6.07) is 6.83. The Morgan fingerprint density at radius 1 is 1.26 bits per heavy atom. The molecular formula is C16H20N2O4S. The van der Waals surface area contributed by atoms with E-state index >= 15 is 0 Å². The number of thiophene rings is 1. The van der Waals surface area contributed by atoms with Crippen LogP contribution in [0.1, 0.15) is 38.2 Å². The van der Waals surface area contributed by atoms with E-state index in [2.05, 4.69) is 5.16 Å². The molecular weight excluding hydrogens is 316 g/mol. The van der Waals surface area contributed by atoms with E-state index in [0.29, 0.717) is 21.6 Å². The summed E-state index contributed by atoms with van der Waals surface area (Å²) in [5.74, 6) is -0.537. The number of hydrogen-bond donors (Lipinski definition) is 4. The Morgan fingerprint density at radius 2 is 1.83 bits per heavy atom. The van der Waals surface area contributed by atoms with Gasteiger partial charge in [-0.1, -0.05) is 12.1 Å². The summed E-state index contributed by atoms with van der Waals surface area (Å²) in [5, 5.41) is 29.3. The molecule has 23 heavy (non-hydrogen) atoms. The maximum atomic E-state index is 10.3. The zero-order chi connectivity index (χ0) is 17.6. The lowest BCUT2D eigenvalue weighted by Crippen LogP contribution is -2.13. The van der Waals surface area contributed by atoms with E-state index < -0.39 is 5.97 Å². The van der Waals surface area contributed by atoms with Crippen molar-refractivity contribution in [3.05, 3.63) is 50.7 Å². The molecule has 0 amide bonds. The van der Waals surface area contributed by atoms with Gasteiger partial charge in [0, 0.05) is 10.4 Å². The lowest BCUT2D eigenvalue weighted by atomic mass is 10.1. The number of oxime groups is 1. The van der Waals surface area contributed by atoms with E-state index in [0.717, 1.165) is 11.3 Å². The average molecular weight is 336 g/mol. The number of phenols is 1. The minimum Gasteiger partial charge on any atom is -0.507 e. The van der Waals surface area contributed by atoms with Crippen LogP contribution in [0.25, 0.3) is 0 Å². The minimum atomic E-state index is -0.829. The fraction of sp³-hybridized carbons (Fsp3) is 0.250. The molecule has 0 saturated carbocycles. The Kier molecular flexibility index (Phi) is 6.59. The zero-order valence-electron chi connectivity index (χ0n) is 13.2. The second kappa shape index (κ2) is 8.19. The molecule has 2 aromatic rings. The summed E-state index contributed by atoms with van der Waals surface area (Å²) in [7, 11) is 0. The predicted molar refractivity (Wildman–Crippen MR) is 90.7 cm³/mol. The molecule has 0 atom stereocenters. The third kappa shape index (κ3) is 5.00. The highest BCUT2D eigenvalue weighted by Gasteiger charge is 2.06. The van der Waals surface area contributed by atoms with Crippen LogP contribution < -0.4 is 5.73 Å². The van der Waals surface area contributed by atoms with Gasteiger partial charge in [-0.2, -0.15) is 0 Å². The topological polar surface area (TPSA) is 116 Å². The van der Waals surface area contributed by atoms with Crippen LogP contribution in [0, 0.1) is 13.8 Å². The lowest BCUT2D eigenvalue weighted by molar-refractivity contribution is 0.0702. The van der Waals surface area contributed by atoms with Gasteiger partial charge in [0.05, 0.1) is 0 Å². The van der Waals surface area contributed by atoms with Crippen molar-refractivity contribution in [2.45, 2.75) is 27.2 Å². The number of aryl methyl sites for hydroxylation is 3. The lowest BCUT2D eigenvalue weighted by Gasteiger charge is -2.06. The van der Waals surface area contributed by atoms with Gasteiger partial charge >= 0.3 is 5.97 Å². The summed E-state index contributed by atoms with van der Waals surface area (Å²) in [6.45, 7) is 5.53. The van der Waals surface area contributed by atoms with Crippen molar-refractivity contribution in [1.29, 1.82) is 0 Å². The summed E-state index contributed by atoms with van der Waals surface area (Å²) in [5.41, 5.74) is 7.43. The molecule has 1 heterocycles. The fourth-order valence-corrected chi connectivity index (χ4v) is 2.63. The molecule has 5 N–H and O–H groups in total. The normalized spacial score (nSPS) is 10.8. The Labute approximate surface area is 138 Å². The molecule has 2 rings (SSSR count). The standard InChI is InChI=1S/C9H12N2O2.C7H8O2S/c1-5-3-7(9(10)11-13)4-6(2)8(5)12;1-2-5-3-4-6(10-5)7(8)9/h3-4,12-13H,1-2H3,(H2,10,11);3-4H,2H2,1H3,(H,8,9). The first-order chi connectivity index (χ1) is 10.8. The van der Waals surface area contributed by atoms with Crippen LogP contribution in [0.2, 0.25) is 0 Å². The largest absolute Gasteiger partial charge is 0.507 e. The van der Waals surface area contributed by atoms with Gasteiger partial charge in [-0.05, 0) is 55.7 Å². The van der Waals surface area contributed by atoms with Crippen molar-refractivity contribution >= 4 is 23.1 Å². The SMILES string of the molecule is CCc1ccc(C(=O)O)s1.Cc1cc(C(N)=NO)cc(C)c1O. The number of hydrogen-bond acceptors (Lipinski definition) is 5. The molecule has 0 fully saturated rings. The number of nitrogens with zero attached hydrogens (tertiary/aromatic N) is 1. The number of aromatic carboxylic acids is 1. The molecule has 0 aliphatic rings. The Morgan fingerprint density at radius 3 is 2.17 bits per heavy atom. The van der Waals surface area contributed by atoms with Crippen LogP contribution in [0.4, 0.5) is 0 Å². The van der Waals surface area contributed by atoms with Gasteiger partial charge in [0.1, 0.15) is 10.6 Å². The van der Waals surface area contributed by atoms with Crippen molar-refractivity contribution in [3.8, 4) is 5.75 Å². The molecule has 0 bridgehead atoms. The zero-order valence-corrected chi connectivity index (χ0v) is 14.0. The van der Waals surface area contributed by atoms with Crippen molar-refractivity contribution in [2.75, 3.05) is 0 Å². The molecule has 0 unspecified atom stereocenters. The highest BCUT2D eigenvalue weighted by molar-refractivity contribution is 7.13. The number of carboxylic acids is 1. The van der Waals surface area contributed by atoms with Crippen LogP contribution in [-0.4, -0.2) is 27.2 Å². The first-order valence-electron chi connectivity index (χ1n) is 6.90. The van der Waals surface area contributed by atoms with E-state index in [-0.39, 0.29) is 11.6 Å². The number of benzene rings is 1. The van der Waals surface area contributed by atoms with Crippen LogP contribution >= 0.6 is 11.3 Å². The molecule has 6 nitrogen and oxygen atoms in total. The summed E-state index contributed by atoms with van der Waals surface area (Å²) in [6.07, 6.45) is 0.915. The maximum absolute atomic E-state index is 10.3. The average Bonchev–Trinajstić information content (AvgIpc) is 3.01. The maximum Gasteiger partial charge on any atom is 0.345 e. The van der Waals surface area contributed by atoms with E-state index in [1.54, 1.807) is 32.0 Å². The highest BCUT2D eigenvalue weighted by Crippen LogP contribution is 2.22. The quantitative estimate of drug-likeness (QED) is 0.297. The summed E-state index contributed by atoms with van der Waals surface area (Å²) in [4.78, 5) is 11.9. The number of amidine groups is 1. The van der Waals surface area contributed by atoms with Crippen molar-refractivity contribution in [3.63, 3.8) is 0 Å². The van der Waals surface area contributed by atoms with Gasteiger partial charge in [0.2, 0.25) is 0 Å². The van der Waals surface area contributed by atoms with Crippen LogP contribution in [-0.2, 0) is 6.42 Å². The van der Waals surface area contributed by atoms with Gasteiger partial charge < -0.3 is 21.2 Å². The Balaban J connectivity index is 0.000000238. The van der Waals surface area contributed by atoms with Crippen LogP contribution in [0.3, 0.4) is 0 Å². The fourth-order valence-electron chi connectivity index (χ4n) is 1.84. The minimum absolute atomic E-state index is 0.0474. The first kappa shape index (κ1) is 18.5. The molecule has 1 aromatic heterocycles. The second-order valence-electron chi connectivity index (χ2n) is 4.87. The molecule has 0 aliphatic heterocycles. The summed E-state index contributed by atoms with van der Waals surface area (Å²) >= 11 is 1.34. The molecule has 0 aliphatic carbocycles. The number of aromatic hydroxyl groups is 1.